The normalized spacial score (nSPS) is 64.8. The molecule has 2 N–H and O–H groups in total. The molecule has 2 saturated heterocycles. The van der Waals surface area contributed by atoms with Crippen LogP contribution >= 0.6 is 0 Å². The highest BCUT2D eigenvalue weighted by Crippen LogP contribution is 2.76. The first-order valence-corrected chi connectivity index (χ1v) is 7.26. The molecule has 19 heavy (non-hydrogen) atoms. The molecule has 4 bridgehead atoms. The van der Waals surface area contributed by atoms with E-state index in [1.54, 1.807) is 0 Å². The Hall–Kier alpha value is -0.450. The minimum absolute atomic E-state index is 0.0731. The van der Waals surface area contributed by atoms with Gasteiger partial charge >= 0.3 is 0 Å². The van der Waals surface area contributed by atoms with E-state index in [0.717, 1.165) is 6.42 Å². The van der Waals surface area contributed by atoms with Gasteiger partial charge in [-0.2, -0.15) is 0 Å². The van der Waals surface area contributed by atoms with Gasteiger partial charge in [-0.15, -0.1) is 0 Å². The SMILES string of the molecule is C[C@@H]1C[C@]2(O)O[C@H]3[C@H]4[C@H](CC4(C)C)[C@@](C)(C2=O)[C@@]13O. The van der Waals surface area contributed by atoms with E-state index < -0.39 is 22.9 Å². The minimum Gasteiger partial charge on any atom is -0.386 e. The van der Waals surface area contributed by atoms with Crippen LogP contribution in [0.4, 0.5) is 0 Å². The summed E-state index contributed by atoms with van der Waals surface area (Å²) in [4.78, 5) is 12.7. The molecular weight excluding hydrogens is 244 g/mol. The molecule has 5 aliphatic rings. The van der Waals surface area contributed by atoms with Crippen LogP contribution in [0.25, 0.3) is 0 Å². The van der Waals surface area contributed by atoms with Crippen LogP contribution in [0.5, 0.6) is 0 Å². The largest absolute Gasteiger partial charge is 0.386 e. The van der Waals surface area contributed by atoms with E-state index in [1.165, 1.54) is 0 Å². The summed E-state index contributed by atoms with van der Waals surface area (Å²) in [5, 5.41) is 21.9. The molecule has 3 aliphatic carbocycles. The Morgan fingerprint density at radius 3 is 2.42 bits per heavy atom. The van der Waals surface area contributed by atoms with E-state index in [0.29, 0.717) is 0 Å². The number of carbonyl (C=O) groups is 1. The first kappa shape index (κ1) is 12.3. The number of ether oxygens (including phenoxy) is 1. The average Bonchev–Trinajstić information content (AvgIpc) is 2.41. The molecule has 0 aromatic carbocycles. The molecule has 106 valence electrons. The van der Waals surface area contributed by atoms with Crippen LogP contribution < -0.4 is 0 Å². The second-order valence-electron chi connectivity index (χ2n) is 8.11. The number of Topliss-reactive ketones (excluding diaryl/α,β-unsaturated/α-hetero) is 1. The predicted octanol–water partition coefficient (Wildman–Crippen LogP) is 1.10. The van der Waals surface area contributed by atoms with Crippen molar-refractivity contribution in [2.24, 2.45) is 28.6 Å². The molecule has 0 spiro atoms. The summed E-state index contributed by atoms with van der Waals surface area (Å²) in [6, 6.07) is 0. The van der Waals surface area contributed by atoms with Gasteiger partial charge in [-0.3, -0.25) is 4.79 Å². The zero-order chi connectivity index (χ0) is 14.0. The molecule has 4 nitrogen and oxygen atoms in total. The Bertz CT molecular complexity index is 500. The summed E-state index contributed by atoms with van der Waals surface area (Å²) in [5.74, 6) is -1.76. The number of fused-ring (bicyclic) bond motifs is 2. The average molecular weight is 266 g/mol. The van der Waals surface area contributed by atoms with Gasteiger partial charge in [0, 0.05) is 6.42 Å². The van der Waals surface area contributed by atoms with Gasteiger partial charge < -0.3 is 14.9 Å². The predicted molar refractivity (Wildman–Crippen MR) is 67.0 cm³/mol. The number of rotatable bonds is 0. The number of aliphatic hydroxyl groups is 2. The van der Waals surface area contributed by atoms with Gasteiger partial charge in [0.05, 0.1) is 11.5 Å². The van der Waals surface area contributed by atoms with Crippen molar-refractivity contribution in [2.75, 3.05) is 0 Å². The van der Waals surface area contributed by atoms with Crippen LogP contribution in [0.3, 0.4) is 0 Å². The van der Waals surface area contributed by atoms with Crippen molar-refractivity contribution in [1.82, 2.24) is 0 Å². The summed E-state index contributed by atoms with van der Waals surface area (Å²) < 4.78 is 5.74. The molecule has 0 aromatic rings. The lowest BCUT2D eigenvalue weighted by molar-refractivity contribution is -0.343. The summed E-state index contributed by atoms with van der Waals surface area (Å²) >= 11 is 0. The third-order valence-electron chi connectivity index (χ3n) is 6.90. The summed E-state index contributed by atoms with van der Waals surface area (Å²) in [6.45, 7) is 8.12. The quantitative estimate of drug-likeness (QED) is 0.689. The van der Waals surface area contributed by atoms with Gasteiger partial charge in [-0.05, 0) is 36.5 Å². The second-order valence-corrected chi connectivity index (χ2v) is 8.11. The van der Waals surface area contributed by atoms with Gasteiger partial charge in [0.15, 0.2) is 0 Å². The Kier molecular flexibility index (Phi) is 1.80. The third-order valence-corrected chi connectivity index (χ3v) is 6.90. The van der Waals surface area contributed by atoms with E-state index in [4.69, 9.17) is 4.74 Å². The maximum atomic E-state index is 12.7. The monoisotopic (exact) mass is 266 g/mol. The van der Waals surface area contributed by atoms with Crippen molar-refractivity contribution in [1.29, 1.82) is 0 Å². The third kappa shape index (κ3) is 0.930. The standard InChI is InChI=1S/C15H22O4/c1-7-5-14(17)11(16)13(4)8-6-12(2,3)9(8)10(19-14)15(7,13)18/h7-10,17-18H,5-6H2,1-4H3/t7-,8+,9-,10+,13+,14+,15-/m1/s1. The maximum Gasteiger partial charge on any atom is 0.227 e. The number of hydrogen-bond donors (Lipinski definition) is 2. The molecule has 0 radical (unpaired) electrons. The summed E-state index contributed by atoms with van der Waals surface area (Å²) in [7, 11) is 0. The number of carbonyl (C=O) groups excluding carboxylic acids is 1. The highest BCUT2D eigenvalue weighted by Gasteiger charge is 2.85. The molecule has 3 saturated carbocycles. The van der Waals surface area contributed by atoms with E-state index in [1.807, 2.05) is 13.8 Å². The van der Waals surface area contributed by atoms with Crippen LogP contribution in [0.1, 0.15) is 40.5 Å². The maximum absolute atomic E-state index is 12.7. The molecule has 5 fully saturated rings. The molecule has 0 amide bonds. The van der Waals surface area contributed by atoms with Crippen LogP contribution in [0, 0.1) is 28.6 Å². The van der Waals surface area contributed by atoms with E-state index in [-0.39, 0.29) is 35.4 Å². The lowest BCUT2D eigenvalue weighted by Crippen LogP contribution is -2.75. The smallest absolute Gasteiger partial charge is 0.227 e. The molecule has 2 heterocycles. The van der Waals surface area contributed by atoms with Gasteiger partial charge in [0.2, 0.25) is 11.6 Å². The Morgan fingerprint density at radius 1 is 1.21 bits per heavy atom. The van der Waals surface area contributed by atoms with E-state index in [9.17, 15) is 15.0 Å². The molecule has 4 heteroatoms. The second kappa shape index (κ2) is 2.78. The van der Waals surface area contributed by atoms with Crippen molar-refractivity contribution >= 4 is 5.78 Å². The minimum atomic E-state index is -1.67. The lowest BCUT2D eigenvalue weighted by Gasteiger charge is -2.59. The Morgan fingerprint density at radius 2 is 1.84 bits per heavy atom. The van der Waals surface area contributed by atoms with Crippen molar-refractivity contribution < 1.29 is 19.7 Å². The zero-order valence-electron chi connectivity index (χ0n) is 11.9. The van der Waals surface area contributed by atoms with Gasteiger partial charge in [0.25, 0.3) is 0 Å². The molecule has 5 rings (SSSR count). The van der Waals surface area contributed by atoms with Gasteiger partial charge in [-0.25, -0.2) is 0 Å². The van der Waals surface area contributed by atoms with Crippen LogP contribution in [-0.2, 0) is 9.53 Å². The molecule has 0 unspecified atom stereocenters. The van der Waals surface area contributed by atoms with Crippen molar-refractivity contribution in [2.45, 2.75) is 58.0 Å². The molecule has 0 aromatic heterocycles. The first-order valence-electron chi connectivity index (χ1n) is 7.26. The zero-order valence-corrected chi connectivity index (χ0v) is 11.9. The molecule has 2 aliphatic heterocycles. The lowest BCUT2D eigenvalue weighted by atomic mass is 9.49. The van der Waals surface area contributed by atoms with Crippen LogP contribution in [0.2, 0.25) is 0 Å². The van der Waals surface area contributed by atoms with Crippen LogP contribution in [-0.4, -0.2) is 33.5 Å². The van der Waals surface area contributed by atoms with Crippen LogP contribution in [0.15, 0.2) is 0 Å². The topological polar surface area (TPSA) is 66.8 Å². The fraction of sp³-hybridized carbons (Fsp3) is 0.933. The summed E-state index contributed by atoms with van der Waals surface area (Å²) in [5.41, 5.74) is -1.89. The van der Waals surface area contributed by atoms with E-state index in [2.05, 4.69) is 13.8 Å². The van der Waals surface area contributed by atoms with Gasteiger partial charge in [-0.1, -0.05) is 20.8 Å². The highest BCUT2D eigenvalue weighted by atomic mass is 16.6. The fourth-order valence-electron chi connectivity index (χ4n) is 5.95. The van der Waals surface area contributed by atoms with Crippen molar-refractivity contribution in [3.8, 4) is 0 Å². The fourth-order valence-corrected chi connectivity index (χ4v) is 5.95. The summed E-state index contributed by atoms with van der Waals surface area (Å²) in [6.07, 6.45) is 0.733. The first-order chi connectivity index (χ1) is 8.59. The molecular formula is C15H22O4. The van der Waals surface area contributed by atoms with Crippen molar-refractivity contribution in [3.63, 3.8) is 0 Å². The van der Waals surface area contributed by atoms with Crippen molar-refractivity contribution in [3.05, 3.63) is 0 Å². The number of hydrogen-bond acceptors (Lipinski definition) is 4. The van der Waals surface area contributed by atoms with E-state index >= 15 is 0 Å². The Balaban J connectivity index is 1.96. The Labute approximate surface area is 113 Å². The highest BCUT2D eigenvalue weighted by molar-refractivity contribution is 5.95. The van der Waals surface area contributed by atoms with Gasteiger partial charge in [0.1, 0.15) is 5.60 Å². The molecule has 7 atom stereocenters. The number of ketones is 1.